The van der Waals surface area contributed by atoms with E-state index in [0.29, 0.717) is 6.54 Å². The first-order chi connectivity index (χ1) is 7.91. The number of nitro groups is 1. The summed E-state index contributed by atoms with van der Waals surface area (Å²) in [7, 11) is 0. The molecule has 1 aromatic rings. The highest BCUT2D eigenvalue weighted by molar-refractivity contribution is 7.15. The first-order valence-electron chi connectivity index (χ1n) is 5.56. The Kier molecular flexibility index (Phi) is 3.20. The SMILES string of the molecule is CC1(C)C(O)CC1NCc1ccc([N+](=O)[O-])s1. The van der Waals surface area contributed by atoms with E-state index in [1.54, 1.807) is 6.07 Å². The zero-order valence-electron chi connectivity index (χ0n) is 9.84. The maximum Gasteiger partial charge on any atom is 0.324 e. The van der Waals surface area contributed by atoms with E-state index < -0.39 is 0 Å². The summed E-state index contributed by atoms with van der Waals surface area (Å²) in [4.78, 5) is 11.1. The summed E-state index contributed by atoms with van der Waals surface area (Å²) in [5, 5.41) is 23.6. The molecule has 1 aromatic heterocycles. The van der Waals surface area contributed by atoms with E-state index in [-0.39, 0.29) is 27.5 Å². The van der Waals surface area contributed by atoms with Crippen molar-refractivity contribution in [1.29, 1.82) is 0 Å². The van der Waals surface area contributed by atoms with Crippen LogP contribution in [0.15, 0.2) is 12.1 Å². The molecule has 2 atom stereocenters. The third kappa shape index (κ3) is 2.34. The van der Waals surface area contributed by atoms with E-state index in [0.717, 1.165) is 11.3 Å². The van der Waals surface area contributed by atoms with Gasteiger partial charge in [0.05, 0.1) is 11.0 Å². The van der Waals surface area contributed by atoms with Crippen LogP contribution in [0.3, 0.4) is 0 Å². The van der Waals surface area contributed by atoms with E-state index in [1.807, 2.05) is 13.8 Å². The second-order valence-corrected chi connectivity index (χ2v) is 6.15. The van der Waals surface area contributed by atoms with Crippen molar-refractivity contribution >= 4 is 16.3 Å². The second kappa shape index (κ2) is 4.36. The predicted octanol–water partition coefficient (Wildman–Crippen LogP) is 1.91. The van der Waals surface area contributed by atoms with Crippen LogP contribution >= 0.6 is 11.3 Å². The Morgan fingerprint density at radius 2 is 2.35 bits per heavy atom. The number of hydrogen-bond acceptors (Lipinski definition) is 5. The smallest absolute Gasteiger partial charge is 0.324 e. The van der Waals surface area contributed by atoms with Crippen LogP contribution in [0.5, 0.6) is 0 Å². The molecule has 0 amide bonds. The van der Waals surface area contributed by atoms with Gasteiger partial charge in [-0.15, -0.1) is 0 Å². The minimum absolute atomic E-state index is 0.108. The largest absolute Gasteiger partial charge is 0.392 e. The minimum Gasteiger partial charge on any atom is -0.392 e. The van der Waals surface area contributed by atoms with Crippen LogP contribution in [0.2, 0.25) is 0 Å². The second-order valence-electron chi connectivity index (χ2n) is 5.00. The third-order valence-corrected chi connectivity index (χ3v) is 4.60. The summed E-state index contributed by atoms with van der Waals surface area (Å²) < 4.78 is 0. The average molecular weight is 256 g/mol. The molecule has 0 aromatic carbocycles. The normalized spacial score (nSPS) is 26.5. The Morgan fingerprint density at radius 3 is 2.82 bits per heavy atom. The molecular formula is C11H16N2O3S. The Bertz CT molecular complexity index is 430. The summed E-state index contributed by atoms with van der Waals surface area (Å²) in [6.07, 6.45) is 0.498. The summed E-state index contributed by atoms with van der Waals surface area (Å²) >= 11 is 1.19. The molecule has 2 unspecified atom stereocenters. The van der Waals surface area contributed by atoms with Crippen molar-refractivity contribution in [3.05, 3.63) is 27.1 Å². The highest BCUT2D eigenvalue weighted by Gasteiger charge is 2.46. The standard InChI is InChI=1S/C11H16N2O3S/c1-11(2)8(5-9(11)14)12-6-7-3-4-10(17-7)13(15)16/h3-4,8-9,12,14H,5-6H2,1-2H3. The van der Waals surface area contributed by atoms with E-state index in [1.165, 1.54) is 17.4 Å². The van der Waals surface area contributed by atoms with Gasteiger partial charge >= 0.3 is 5.00 Å². The fourth-order valence-electron chi connectivity index (χ4n) is 2.03. The number of rotatable bonds is 4. The van der Waals surface area contributed by atoms with Gasteiger partial charge in [-0.25, -0.2) is 0 Å². The third-order valence-electron chi connectivity index (χ3n) is 3.57. The lowest BCUT2D eigenvalue weighted by atomic mass is 9.64. The Balaban J connectivity index is 1.88. The van der Waals surface area contributed by atoms with Gasteiger partial charge in [-0.2, -0.15) is 0 Å². The van der Waals surface area contributed by atoms with Crippen LogP contribution in [-0.4, -0.2) is 22.2 Å². The first kappa shape index (κ1) is 12.5. The van der Waals surface area contributed by atoms with Gasteiger partial charge in [-0.1, -0.05) is 25.2 Å². The lowest BCUT2D eigenvalue weighted by Crippen LogP contribution is -2.59. The number of aliphatic hydroxyl groups is 1. The molecular weight excluding hydrogens is 240 g/mol. The summed E-state index contributed by atoms with van der Waals surface area (Å²) in [5.74, 6) is 0. The highest BCUT2D eigenvalue weighted by atomic mass is 32.1. The molecule has 0 saturated heterocycles. The molecule has 0 aliphatic heterocycles. The maximum atomic E-state index is 10.5. The molecule has 6 heteroatoms. The topological polar surface area (TPSA) is 75.4 Å². The van der Waals surface area contributed by atoms with Crippen molar-refractivity contribution < 1.29 is 10.0 Å². The van der Waals surface area contributed by atoms with Gasteiger partial charge in [-0.05, 0) is 12.5 Å². The van der Waals surface area contributed by atoms with Crippen molar-refractivity contribution in [2.45, 2.75) is 39.0 Å². The Hall–Kier alpha value is -0.980. The van der Waals surface area contributed by atoms with E-state index >= 15 is 0 Å². The van der Waals surface area contributed by atoms with E-state index in [9.17, 15) is 15.2 Å². The summed E-state index contributed by atoms with van der Waals surface area (Å²) in [5.41, 5.74) is -0.108. The molecule has 0 bridgehead atoms. The van der Waals surface area contributed by atoms with Gasteiger partial charge in [0.1, 0.15) is 0 Å². The Morgan fingerprint density at radius 1 is 1.65 bits per heavy atom. The van der Waals surface area contributed by atoms with Gasteiger partial charge < -0.3 is 10.4 Å². The average Bonchev–Trinajstić information content (AvgIpc) is 2.72. The minimum atomic E-state index is -0.370. The molecule has 17 heavy (non-hydrogen) atoms. The highest BCUT2D eigenvalue weighted by Crippen LogP contribution is 2.40. The van der Waals surface area contributed by atoms with Gasteiger partial charge in [0.15, 0.2) is 0 Å². The lowest BCUT2D eigenvalue weighted by molar-refractivity contribution is -0.380. The van der Waals surface area contributed by atoms with Crippen molar-refractivity contribution in [1.82, 2.24) is 5.32 Å². The number of hydrogen-bond donors (Lipinski definition) is 2. The molecule has 94 valence electrons. The Labute approximate surface area is 104 Å². The molecule has 1 fully saturated rings. The van der Waals surface area contributed by atoms with Crippen molar-refractivity contribution in [3.63, 3.8) is 0 Å². The fraction of sp³-hybridized carbons (Fsp3) is 0.636. The number of aliphatic hydroxyl groups excluding tert-OH is 1. The zero-order valence-corrected chi connectivity index (χ0v) is 10.7. The molecule has 1 saturated carbocycles. The van der Waals surface area contributed by atoms with Gasteiger partial charge in [0.25, 0.3) is 0 Å². The molecule has 0 spiro atoms. The molecule has 1 heterocycles. The van der Waals surface area contributed by atoms with Crippen LogP contribution in [-0.2, 0) is 6.54 Å². The lowest BCUT2D eigenvalue weighted by Gasteiger charge is -2.49. The predicted molar refractivity (Wildman–Crippen MR) is 66.0 cm³/mol. The quantitative estimate of drug-likeness (QED) is 0.637. The van der Waals surface area contributed by atoms with Crippen molar-refractivity contribution in [2.24, 2.45) is 5.41 Å². The number of nitrogens with zero attached hydrogens (tertiary/aromatic N) is 1. The fourth-order valence-corrected chi connectivity index (χ4v) is 2.80. The van der Waals surface area contributed by atoms with Crippen LogP contribution in [0, 0.1) is 15.5 Å². The van der Waals surface area contributed by atoms with Gasteiger partial charge in [0.2, 0.25) is 0 Å². The van der Waals surface area contributed by atoms with Crippen LogP contribution < -0.4 is 5.32 Å². The molecule has 5 nitrogen and oxygen atoms in total. The summed E-state index contributed by atoms with van der Waals surface area (Å²) in [6, 6.07) is 3.58. The molecule has 2 N–H and O–H groups in total. The summed E-state index contributed by atoms with van der Waals surface area (Å²) in [6.45, 7) is 4.67. The van der Waals surface area contributed by atoms with Crippen molar-refractivity contribution in [2.75, 3.05) is 0 Å². The van der Waals surface area contributed by atoms with E-state index in [4.69, 9.17) is 0 Å². The van der Waals surface area contributed by atoms with E-state index in [2.05, 4.69) is 5.32 Å². The van der Waals surface area contributed by atoms with Crippen LogP contribution in [0.4, 0.5) is 5.00 Å². The number of thiophene rings is 1. The van der Waals surface area contributed by atoms with Crippen molar-refractivity contribution in [3.8, 4) is 0 Å². The van der Waals surface area contributed by atoms with Crippen LogP contribution in [0.25, 0.3) is 0 Å². The molecule has 2 rings (SSSR count). The molecule has 0 radical (unpaired) electrons. The molecule has 1 aliphatic carbocycles. The zero-order chi connectivity index (χ0) is 12.6. The van der Waals surface area contributed by atoms with Gasteiger partial charge in [-0.3, -0.25) is 10.1 Å². The van der Waals surface area contributed by atoms with Gasteiger partial charge in [0, 0.05) is 28.9 Å². The number of nitrogens with one attached hydrogen (secondary N) is 1. The maximum absolute atomic E-state index is 10.5. The monoisotopic (exact) mass is 256 g/mol. The van der Waals surface area contributed by atoms with Crippen LogP contribution in [0.1, 0.15) is 25.1 Å². The first-order valence-corrected chi connectivity index (χ1v) is 6.37. The molecule has 1 aliphatic rings.